The van der Waals surface area contributed by atoms with Crippen molar-refractivity contribution in [1.82, 2.24) is 4.90 Å². The van der Waals surface area contributed by atoms with Crippen molar-refractivity contribution in [1.29, 1.82) is 0 Å². The lowest BCUT2D eigenvalue weighted by Crippen LogP contribution is -2.48. The number of carbonyl (C=O) groups excluding carboxylic acids is 1. The van der Waals surface area contributed by atoms with Gasteiger partial charge < -0.3 is 5.11 Å². The Morgan fingerprint density at radius 1 is 1.05 bits per heavy atom. The Hall–Kier alpha value is -1.35. The molecule has 3 rings (SSSR count). The van der Waals surface area contributed by atoms with Crippen LogP contribution in [0.3, 0.4) is 0 Å². The lowest BCUT2D eigenvalue weighted by Gasteiger charge is -2.42. The highest BCUT2D eigenvalue weighted by atomic mass is 16.3. The van der Waals surface area contributed by atoms with Crippen molar-refractivity contribution < 1.29 is 9.90 Å². The third-order valence-electron chi connectivity index (χ3n) is 5.06. The Balaban J connectivity index is 1.66. The fourth-order valence-corrected chi connectivity index (χ4v) is 3.88. The van der Waals surface area contributed by atoms with Crippen LogP contribution in [-0.2, 0) is 11.2 Å². The third-order valence-corrected chi connectivity index (χ3v) is 5.06. The summed E-state index contributed by atoms with van der Waals surface area (Å²) < 4.78 is 0. The van der Waals surface area contributed by atoms with Crippen molar-refractivity contribution in [2.45, 2.75) is 63.5 Å². The van der Waals surface area contributed by atoms with E-state index in [0.717, 1.165) is 32.1 Å². The number of likely N-dealkylation sites (tertiary alicyclic amines) is 1. The standard InChI is InChI=1S/C18H25NO2/c20-17-8-4-14(5-9-17)13-16-3-1-2-12-19(16)15-6-10-18(21)11-7-15/h4-5,8-9,15-16,20H,1-3,6-7,10-13H2. The topological polar surface area (TPSA) is 40.5 Å². The van der Waals surface area contributed by atoms with Gasteiger partial charge in [-0.2, -0.15) is 0 Å². The van der Waals surface area contributed by atoms with E-state index < -0.39 is 0 Å². The maximum absolute atomic E-state index is 11.5. The van der Waals surface area contributed by atoms with E-state index >= 15 is 0 Å². The number of aromatic hydroxyl groups is 1. The first-order valence-electron chi connectivity index (χ1n) is 8.28. The largest absolute Gasteiger partial charge is 0.508 e. The Kier molecular flexibility index (Phi) is 4.59. The molecule has 2 aliphatic rings. The van der Waals surface area contributed by atoms with E-state index in [1.54, 1.807) is 12.1 Å². The molecular formula is C18H25NO2. The van der Waals surface area contributed by atoms with Crippen molar-refractivity contribution in [2.24, 2.45) is 0 Å². The number of carbonyl (C=O) groups is 1. The number of Topliss-reactive ketones (excluding diaryl/α,β-unsaturated/α-hetero) is 1. The van der Waals surface area contributed by atoms with E-state index in [4.69, 9.17) is 0 Å². The minimum atomic E-state index is 0.338. The van der Waals surface area contributed by atoms with E-state index in [2.05, 4.69) is 4.90 Å². The fourth-order valence-electron chi connectivity index (χ4n) is 3.88. The molecule has 3 heteroatoms. The number of nitrogens with zero attached hydrogens (tertiary/aromatic N) is 1. The SMILES string of the molecule is O=C1CCC(N2CCCCC2Cc2ccc(O)cc2)CC1. The van der Waals surface area contributed by atoms with Gasteiger partial charge in [0.15, 0.2) is 0 Å². The number of piperidine rings is 1. The van der Waals surface area contributed by atoms with Gasteiger partial charge in [0, 0.05) is 24.9 Å². The summed E-state index contributed by atoms with van der Waals surface area (Å²) in [4.78, 5) is 14.1. The van der Waals surface area contributed by atoms with Crippen molar-refractivity contribution >= 4 is 5.78 Å². The van der Waals surface area contributed by atoms with Gasteiger partial charge in [-0.05, 0) is 56.3 Å². The van der Waals surface area contributed by atoms with Crippen LogP contribution in [0.5, 0.6) is 5.75 Å². The van der Waals surface area contributed by atoms with Gasteiger partial charge in [-0.1, -0.05) is 18.6 Å². The normalized spacial score (nSPS) is 25.1. The van der Waals surface area contributed by atoms with E-state index in [1.807, 2.05) is 12.1 Å². The number of hydrogen-bond acceptors (Lipinski definition) is 3. The van der Waals surface area contributed by atoms with Crippen molar-refractivity contribution in [2.75, 3.05) is 6.54 Å². The average molecular weight is 287 g/mol. The number of ketones is 1. The molecule has 3 nitrogen and oxygen atoms in total. The van der Waals surface area contributed by atoms with Gasteiger partial charge in [0.05, 0.1) is 0 Å². The minimum Gasteiger partial charge on any atom is -0.508 e. The van der Waals surface area contributed by atoms with Crippen LogP contribution in [0, 0.1) is 0 Å². The van der Waals surface area contributed by atoms with Crippen LogP contribution < -0.4 is 0 Å². The molecule has 1 unspecified atom stereocenters. The quantitative estimate of drug-likeness (QED) is 0.927. The Morgan fingerprint density at radius 3 is 2.48 bits per heavy atom. The molecule has 0 radical (unpaired) electrons. The number of rotatable bonds is 3. The Bertz CT molecular complexity index is 472. The molecule has 1 aromatic rings. The zero-order chi connectivity index (χ0) is 14.7. The first-order chi connectivity index (χ1) is 10.2. The van der Waals surface area contributed by atoms with Crippen molar-refractivity contribution in [3.8, 4) is 5.75 Å². The van der Waals surface area contributed by atoms with Gasteiger partial charge in [0.1, 0.15) is 11.5 Å². The number of phenols is 1. The molecule has 0 aromatic heterocycles. The Labute approximate surface area is 127 Å². The van der Waals surface area contributed by atoms with Crippen LogP contribution in [0.1, 0.15) is 50.5 Å². The predicted octanol–water partition coefficient (Wildman–Crippen LogP) is 3.30. The summed E-state index contributed by atoms with van der Waals surface area (Å²) in [7, 11) is 0. The summed E-state index contributed by atoms with van der Waals surface area (Å²) in [6, 6.07) is 8.83. The molecule has 1 aliphatic heterocycles. The van der Waals surface area contributed by atoms with Crippen molar-refractivity contribution in [3.05, 3.63) is 29.8 Å². The smallest absolute Gasteiger partial charge is 0.133 e. The van der Waals surface area contributed by atoms with Crippen molar-refractivity contribution in [3.63, 3.8) is 0 Å². The van der Waals surface area contributed by atoms with Crippen LogP contribution in [0.2, 0.25) is 0 Å². The summed E-state index contributed by atoms with van der Waals surface area (Å²) in [5.74, 6) is 0.781. The predicted molar refractivity (Wildman–Crippen MR) is 83.4 cm³/mol. The van der Waals surface area contributed by atoms with Crippen LogP contribution in [0.4, 0.5) is 0 Å². The van der Waals surface area contributed by atoms with E-state index in [-0.39, 0.29) is 0 Å². The molecule has 1 saturated heterocycles. The van der Waals surface area contributed by atoms with E-state index in [1.165, 1.54) is 31.4 Å². The number of phenolic OH excluding ortho intramolecular Hbond substituents is 1. The highest BCUT2D eigenvalue weighted by Crippen LogP contribution is 2.29. The fraction of sp³-hybridized carbons (Fsp3) is 0.611. The summed E-state index contributed by atoms with van der Waals surface area (Å²) in [6.07, 6.45) is 8.55. The highest BCUT2D eigenvalue weighted by Gasteiger charge is 2.31. The maximum atomic E-state index is 11.5. The Morgan fingerprint density at radius 2 is 1.76 bits per heavy atom. The lowest BCUT2D eigenvalue weighted by molar-refractivity contribution is -0.121. The van der Waals surface area contributed by atoms with E-state index in [9.17, 15) is 9.90 Å². The average Bonchev–Trinajstić information content (AvgIpc) is 2.51. The van der Waals surface area contributed by atoms with Gasteiger partial charge in [-0.3, -0.25) is 9.69 Å². The molecule has 1 aromatic carbocycles. The van der Waals surface area contributed by atoms with Gasteiger partial charge in [0.2, 0.25) is 0 Å². The summed E-state index contributed by atoms with van der Waals surface area (Å²) >= 11 is 0. The molecule has 21 heavy (non-hydrogen) atoms. The van der Waals surface area contributed by atoms with Crippen LogP contribution >= 0.6 is 0 Å². The maximum Gasteiger partial charge on any atom is 0.133 e. The van der Waals surface area contributed by atoms with Gasteiger partial charge in [0.25, 0.3) is 0 Å². The van der Waals surface area contributed by atoms with Gasteiger partial charge in [-0.25, -0.2) is 0 Å². The van der Waals surface area contributed by atoms with Crippen LogP contribution in [0.15, 0.2) is 24.3 Å². The summed E-state index contributed by atoms with van der Waals surface area (Å²) in [5, 5.41) is 9.40. The first kappa shape index (κ1) is 14.6. The zero-order valence-electron chi connectivity index (χ0n) is 12.6. The molecule has 1 atom stereocenters. The molecule has 0 spiro atoms. The number of hydrogen-bond donors (Lipinski definition) is 1. The van der Waals surface area contributed by atoms with Gasteiger partial charge >= 0.3 is 0 Å². The second kappa shape index (κ2) is 6.61. The number of benzene rings is 1. The second-order valence-corrected chi connectivity index (χ2v) is 6.53. The molecule has 1 N–H and O–H groups in total. The third kappa shape index (κ3) is 3.65. The minimum absolute atomic E-state index is 0.338. The molecule has 0 amide bonds. The summed E-state index contributed by atoms with van der Waals surface area (Å²) in [5.41, 5.74) is 1.30. The first-order valence-corrected chi connectivity index (χ1v) is 8.28. The zero-order valence-corrected chi connectivity index (χ0v) is 12.6. The van der Waals surface area contributed by atoms with E-state index in [0.29, 0.717) is 23.6 Å². The molecule has 1 heterocycles. The lowest BCUT2D eigenvalue weighted by atomic mass is 9.88. The molecule has 0 bridgehead atoms. The monoisotopic (exact) mass is 287 g/mol. The van der Waals surface area contributed by atoms with Gasteiger partial charge in [-0.15, -0.1) is 0 Å². The molecular weight excluding hydrogens is 262 g/mol. The summed E-state index contributed by atoms with van der Waals surface area (Å²) in [6.45, 7) is 1.18. The molecule has 1 saturated carbocycles. The van der Waals surface area contributed by atoms with Crippen LogP contribution in [0.25, 0.3) is 0 Å². The second-order valence-electron chi connectivity index (χ2n) is 6.53. The highest BCUT2D eigenvalue weighted by molar-refractivity contribution is 5.79. The molecule has 114 valence electrons. The molecule has 1 aliphatic carbocycles. The van der Waals surface area contributed by atoms with Crippen LogP contribution in [-0.4, -0.2) is 34.4 Å². The molecule has 2 fully saturated rings.